The van der Waals surface area contributed by atoms with Crippen LogP contribution in [0, 0.1) is 10.9 Å². The van der Waals surface area contributed by atoms with Gasteiger partial charge in [-0.3, -0.25) is 5.41 Å². The summed E-state index contributed by atoms with van der Waals surface area (Å²) in [6.45, 7) is 12.7. The Bertz CT molecular complexity index is 1030. The summed E-state index contributed by atoms with van der Waals surface area (Å²) in [6.07, 6.45) is 4.00. The van der Waals surface area contributed by atoms with Crippen LogP contribution in [-0.2, 0) is 6.54 Å². The van der Waals surface area contributed by atoms with Crippen molar-refractivity contribution in [2.24, 2.45) is 5.11 Å². The van der Waals surface area contributed by atoms with E-state index < -0.39 is 0 Å². The second-order valence-electron chi connectivity index (χ2n) is 6.28. The molecule has 0 aliphatic rings. The third kappa shape index (κ3) is 5.88. The molecular formula is C24H31ClN4. The number of para-hydroxylation sites is 1. The van der Waals surface area contributed by atoms with Gasteiger partial charge in [0.15, 0.2) is 5.84 Å². The molecule has 5 heteroatoms. The van der Waals surface area contributed by atoms with E-state index in [2.05, 4.69) is 21.8 Å². The van der Waals surface area contributed by atoms with Crippen LogP contribution in [0.5, 0.6) is 0 Å². The first kappa shape index (κ1) is 24.3. The van der Waals surface area contributed by atoms with Gasteiger partial charge in [-0.1, -0.05) is 55.8 Å². The molecule has 0 aliphatic heterocycles. The Morgan fingerprint density at radius 1 is 1.00 bits per heavy atom. The van der Waals surface area contributed by atoms with Gasteiger partial charge in [-0.15, -0.1) is 5.11 Å². The molecule has 4 nitrogen and oxygen atoms in total. The fourth-order valence-corrected chi connectivity index (χ4v) is 2.84. The van der Waals surface area contributed by atoms with Crippen molar-refractivity contribution >= 4 is 39.2 Å². The lowest BCUT2D eigenvalue weighted by Gasteiger charge is -2.09. The molecule has 0 atom stereocenters. The van der Waals surface area contributed by atoms with Crippen LogP contribution in [0.25, 0.3) is 21.8 Å². The molecule has 1 aromatic heterocycles. The van der Waals surface area contributed by atoms with Gasteiger partial charge in [-0.05, 0) is 57.5 Å². The van der Waals surface area contributed by atoms with E-state index in [-0.39, 0.29) is 5.84 Å². The zero-order chi connectivity index (χ0) is 22.0. The Hall–Kier alpha value is -2.72. The standard InChI is InChI=1S/C18H17ClN4.C4H8.C2H6/c1-11(12(2)19)10-23-16-6-4-3-5-14(16)15-9-13(18(20)22-21)7-8-17(15)23;1-3-4-2;1-2/h3-9,20-21H,10H2,1-2H3;3-4H,1-2H3;1-2H3/b12-11-,20-18?,22-21?;4-3-;. The lowest BCUT2D eigenvalue weighted by atomic mass is 10.1. The number of hydrogen-bond donors (Lipinski definition) is 2. The molecule has 154 valence electrons. The number of hydrogen-bond acceptors (Lipinski definition) is 2. The summed E-state index contributed by atoms with van der Waals surface area (Å²) in [4.78, 5) is 0. The zero-order valence-electron chi connectivity index (χ0n) is 18.2. The Kier molecular flexibility index (Phi) is 10.0. The molecule has 29 heavy (non-hydrogen) atoms. The molecule has 0 spiro atoms. The van der Waals surface area contributed by atoms with Crippen molar-refractivity contribution in [3.63, 3.8) is 0 Å². The van der Waals surface area contributed by atoms with Gasteiger partial charge in [0.25, 0.3) is 0 Å². The fourth-order valence-electron chi connectivity index (χ4n) is 2.78. The predicted molar refractivity (Wildman–Crippen MR) is 127 cm³/mol. The lowest BCUT2D eigenvalue weighted by Crippen LogP contribution is -2.00. The van der Waals surface area contributed by atoms with Gasteiger partial charge in [0, 0.05) is 38.9 Å². The first-order valence-corrected chi connectivity index (χ1v) is 10.2. The molecule has 0 radical (unpaired) electrons. The van der Waals surface area contributed by atoms with E-state index in [1.165, 1.54) is 0 Å². The SMILES string of the molecule is C/C(Cl)=C(\C)Cn1c2ccccc2c2cc(C(=N)N=N)ccc21.C/C=C\C.CC. The lowest BCUT2D eigenvalue weighted by molar-refractivity contribution is 0.844. The summed E-state index contributed by atoms with van der Waals surface area (Å²) in [6, 6.07) is 14.0. The largest absolute Gasteiger partial charge is 0.336 e. The van der Waals surface area contributed by atoms with Crippen LogP contribution in [0.3, 0.4) is 0 Å². The predicted octanol–water partition coefficient (Wildman–Crippen LogP) is 8.29. The van der Waals surface area contributed by atoms with Crippen molar-refractivity contribution < 1.29 is 0 Å². The summed E-state index contributed by atoms with van der Waals surface area (Å²) in [7, 11) is 0. The second-order valence-corrected chi connectivity index (χ2v) is 6.84. The average molecular weight is 411 g/mol. The van der Waals surface area contributed by atoms with Crippen molar-refractivity contribution in [2.45, 2.75) is 48.1 Å². The molecule has 0 unspecified atom stereocenters. The van der Waals surface area contributed by atoms with E-state index in [9.17, 15) is 0 Å². The van der Waals surface area contributed by atoms with Crippen LogP contribution in [0.2, 0.25) is 0 Å². The first-order valence-electron chi connectivity index (χ1n) is 9.81. The van der Waals surface area contributed by atoms with E-state index in [0.717, 1.165) is 39.0 Å². The van der Waals surface area contributed by atoms with Crippen LogP contribution in [0.1, 0.15) is 47.1 Å². The van der Waals surface area contributed by atoms with Crippen LogP contribution < -0.4 is 0 Å². The normalized spacial score (nSPS) is 11.4. The molecule has 2 aromatic carbocycles. The topological polar surface area (TPSA) is 65.0 Å². The van der Waals surface area contributed by atoms with E-state index in [1.807, 2.05) is 84.0 Å². The number of nitrogens with one attached hydrogen (secondary N) is 2. The van der Waals surface area contributed by atoms with Crippen molar-refractivity contribution in [1.29, 1.82) is 10.9 Å². The van der Waals surface area contributed by atoms with Crippen LogP contribution in [-0.4, -0.2) is 10.4 Å². The summed E-state index contributed by atoms with van der Waals surface area (Å²) in [5, 5.41) is 14.0. The third-order valence-corrected chi connectivity index (χ3v) is 4.80. The minimum atomic E-state index is -0.0311. The monoisotopic (exact) mass is 410 g/mol. The minimum absolute atomic E-state index is 0.0311. The van der Waals surface area contributed by atoms with Crippen molar-refractivity contribution in [3.8, 4) is 0 Å². The molecule has 3 aromatic rings. The Morgan fingerprint density at radius 2 is 1.59 bits per heavy atom. The minimum Gasteiger partial charge on any atom is -0.336 e. The van der Waals surface area contributed by atoms with E-state index >= 15 is 0 Å². The highest BCUT2D eigenvalue weighted by Gasteiger charge is 2.12. The van der Waals surface area contributed by atoms with Gasteiger partial charge in [-0.2, -0.15) is 0 Å². The average Bonchev–Trinajstić information content (AvgIpc) is 3.07. The highest BCUT2D eigenvalue weighted by Crippen LogP contribution is 2.31. The smallest absolute Gasteiger partial charge is 0.173 e. The number of fused-ring (bicyclic) bond motifs is 3. The number of amidine groups is 1. The first-order chi connectivity index (χ1) is 13.9. The molecule has 0 fully saturated rings. The van der Waals surface area contributed by atoms with Gasteiger partial charge in [0.1, 0.15) is 0 Å². The maximum absolute atomic E-state index is 7.75. The van der Waals surface area contributed by atoms with E-state index in [0.29, 0.717) is 5.56 Å². The number of benzene rings is 2. The molecule has 0 bridgehead atoms. The van der Waals surface area contributed by atoms with E-state index in [1.54, 1.807) is 0 Å². The molecule has 0 amide bonds. The number of nitrogens with zero attached hydrogens (tertiary/aromatic N) is 2. The highest BCUT2D eigenvalue weighted by atomic mass is 35.5. The quantitative estimate of drug-likeness (QED) is 0.189. The molecule has 0 saturated heterocycles. The molecule has 0 saturated carbocycles. The van der Waals surface area contributed by atoms with Gasteiger partial charge in [-0.25, -0.2) is 5.53 Å². The maximum Gasteiger partial charge on any atom is 0.173 e. The number of allylic oxidation sites excluding steroid dienone is 4. The van der Waals surface area contributed by atoms with Gasteiger partial charge < -0.3 is 4.57 Å². The van der Waals surface area contributed by atoms with Crippen LogP contribution in [0.15, 0.2) is 70.3 Å². The Labute approximate surface area is 178 Å². The third-order valence-electron chi connectivity index (χ3n) is 4.47. The van der Waals surface area contributed by atoms with Gasteiger partial charge >= 0.3 is 0 Å². The molecule has 1 heterocycles. The summed E-state index contributed by atoms with van der Waals surface area (Å²) < 4.78 is 2.23. The number of aromatic nitrogens is 1. The number of halogens is 1. The van der Waals surface area contributed by atoms with Crippen LogP contribution >= 0.6 is 11.6 Å². The maximum atomic E-state index is 7.75. The highest BCUT2D eigenvalue weighted by molar-refractivity contribution is 6.29. The molecular weight excluding hydrogens is 380 g/mol. The Balaban J connectivity index is 0.000000627. The van der Waals surface area contributed by atoms with Crippen LogP contribution in [0.4, 0.5) is 0 Å². The van der Waals surface area contributed by atoms with Gasteiger partial charge in [0.05, 0.1) is 0 Å². The summed E-state index contributed by atoms with van der Waals surface area (Å²) in [5.74, 6) is -0.0311. The van der Waals surface area contributed by atoms with Crippen molar-refractivity contribution in [2.75, 3.05) is 0 Å². The number of rotatable bonds is 3. The van der Waals surface area contributed by atoms with Crippen molar-refractivity contribution in [1.82, 2.24) is 4.57 Å². The second kappa shape index (κ2) is 12.0. The molecule has 2 N–H and O–H groups in total. The van der Waals surface area contributed by atoms with Gasteiger partial charge in [0.2, 0.25) is 0 Å². The summed E-state index contributed by atoms with van der Waals surface area (Å²) >= 11 is 6.14. The molecule has 3 rings (SSSR count). The van der Waals surface area contributed by atoms with E-state index in [4.69, 9.17) is 22.5 Å². The Morgan fingerprint density at radius 3 is 2.14 bits per heavy atom. The summed E-state index contributed by atoms with van der Waals surface area (Å²) in [5.41, 5.74) is 11.0. The van der Waals surface area contributed by atoms with Crippen molar-refractivity contribution in [3.05, 3.63) is 70.8 Å². The fraction of sp³-hybridized carbons (Fsp3) is 0.292. The zero-order valence-corrected chi connectivity index (χ0v) is 18.9. The molecule has 0 aliphatic carbocycles.